The maximum Gasteiger partial charge on any atom is 0.325 e. The van der Waals surface area contributed by atoms with E-state index in [1.165, 1.54) is 17.9 Å². The molecule has 0 atom stereocenters. The SMILES string of the molecule is COC(=O)CNC(=O)c1cn(-c2ccc(Cl)cc2)c(=O)c2ccccc12. The normalized spacial score (nSPS) is 10.5. The smallest absolute Gasteiger partial charge is 0.325 e. The van der Waals surface area contributed by atoms with Gasteiger partial charge in [0.2, 0.25) is 0 Å². The minimum Gasteiger partial charge on any atom is -0.468 e. The van der Waals surface area contributed by atoms with Crippen molar-refractivity contribution in [2.24, 2.45) is 0 Å². The Morgan fingerprint density at radius 1 is 1.08 bits per heavy atom. The van der Waals surface area contributed by atoms with Crippen molar-refractivity contribution in [2.45, 2.75) is 0 Å². The van der Waals surface area contributed by atoms with Crippen LogP contribution in [0.25, 0.3) is 16.5 Å². The molecule has 0 saturated carbocycles. The van der Waals surface area contributed by atoms with Crippen LogP contribution in [0.3, 0.4) is 0 Å². The first-order chi connectivity index (χ1) is 12.5. The van der Waals surface area contributed by atoms with E-state index in [4.69, 9.17) is 11.6 Å². The molecule has 0 radical (unpaired) electrons. The van der Waals surface area contributed by atoms with Gasteiger partial charge in [0.25, 0.3) is 11.5 Å². The summed E-state index contributed by atoms with van der Waals surface area (Å²) in [6.45, 7) is -0.260. The lowest BCUT2D eigenvalue weighted by Crippen LogP contribution is -2.31. The fourth-order valence-electron chi connectivity index (χ4n) is 2.59. The van der Waals surface area contributed by atoms with Crippen LogP contribution >= 0.6 is 11.6 Å². The van der Waals surface area contributed by atoms with Gasteiger partial charge in [0.05, 0.1) is 12.7 Å². The third-order valence-electron chi connectivity index (χ3n) is 3.90. The number of rotatable bonds is 4. The maximum absolute atomic E-state index is 12.8. The van der Waals surface area contributed by atoms with Crippen molar-refractivity contribution >= 4 is 34.2 Å². The maximum atomic E-state index is 12.8. The highest BCUT2D eigenvalue weighted by atomic mass is 35.5. The molecule has 0 bridgehead atoms. The van der Waals surface area contributed by atoms with Gasteiger partial charge in [-0.05, 0) is 30.3 Å². The van der Waals surface area contributed by atoms with Gasteiger partial charge in [0, 0.05) is 27.7 Å². The van der Waals surface area contributed by atoms with Crippen LogP contribution in [0, 0.1) is 0 Å². The Balaban J connectivity index is 2.14. The summed E-state index contributed by atoms with van der Waals surface area (Å²) in [7, 11) is 1.24. The minimum atomic E-state index is -0.561. The molecule has 0 spiro atoms. The molecular weight excluding hydrogens is 356 g/mol. The van der Waals surface area contributed by atoms with Crippen molar-refractivity contribution in [1.82, 2.24) is 9.88 Å². The summed E-state index contributed by atoms with van der Waals surface area (Å²) in [6.07, 6.45) is 1.46. The lowest BCUT2D eigenvalue weighted by atomic mass is 10.1. The van der Waals surface area contributed by atoms with E-state index in [9.17, 15) is 14.4 Å². The number of benzene rings is 2. The van der Waals surface area contributed by atoms with E-state index in [2.05, 4.69) is 10.1 Å². The molecular formula is C19H15ClN2O4. The first kappa shape index (κ1) is 17.7. The molecule has 3 aromatic rings. The van der Waals surface area contributed by atoms with Gasteiger partial charge in [-0.1, -0.05) is 29.8 Å². The van der Waals surface area contributed by atoms with Gasteiger partial charge < -0.3 is 10.1 Å². The summed E-state index contributed by atoms with van der Waals surface area (Å²) < 4.78 is 5.91. The van der Waals surface area contributed by atoms with Crippen LogP contribution in [-0.4, -0.2) is 30.1 Å². The number of carbonyl (C=O) groups excluding carboxylic acids is 2. The molecule has 1 N–H and O–H groups in total. The molecule has 2 aromatic carbocycles. The molecule has 3 rings (SSSR count). The summed E-state index contributed by atoms with van der Waals surface area (Å²) in [4.78, 5) is 36.7. The van der Waals surface area contributed by atoms with Gasteiger partial charge in [0.1, 0.15) is 6.54 Å². The van der Waals surface area contributed by atoms with Gasteiger partial charge in [-0.2, -0.15) is 0 Å². The van der Waals surface area contributed by atoms with E-state index in [0.29, 0.717) is 21.5 Å². The van der Waals surface area contributed by atoms with Crippen LogP contribution in [0.15, 0.2) is 59.5 Å². The van der Waals surface area contributed by atoms with E-state index < -0.39 is 11.9 Å². The van der Waals surface area contributed by atoms with Crippen LogP contribution in [0.4, 0.5) is 0 Å². The molecule has 0 saturated heterocycles. The number of hydrogen-bond donors (Lipinski definition) is 1. The number of esters is 1. The Bertz CT molecular complexity index is 1040. The predicted octanol–water partition coefficient (Wildman–Crippen LogP) is 2.55. The first-order valence-electron chi connectivity index (χ1n) is 7.76. The average Bonchev–Trinajstić information content (AvgIpc) is 2.67. The topological polar surface area (TPSA) is 77.4 Å². The highest BCUT2D eigenvalue weighted by Gasteiger charge is 2.16. The van der Waals surface area contributed by atoms with Gasteiger partial charge >= 0.3 is 5.97 Å². The first-order valence-corrected chi connectivity index (χ1v) is 8.14. The lowest BCUT2D eigenvalue weighted by Gasteiger charge is -2.12. The second-order valence-corrected chi connectivity index (χ2v) is 5.94. The molecule has 0 aliphatic rings. The predicted molar refractivity (Wildman–Crippen MR) is 98.9 cm³/mol. The van der Waals surface area contributed by atoms with E-state index in [0.717, 1.165) is 0 Å². The number of ether oxygens (including phenoxy) is 1. The monoisotopic (exact) mass is 370 g/mol. The number of carbonyl (C=O) groups is 2. The Labute approximate surface area is 154 Å². The minimum absolute atomic E-state index is 0.257. The standard InChI is InChI=1S/C19H15ClN2O4/c1-26-17(23)10-21-18(24)16-11-22(13-8-6-12(20)7-9-13)19(25)15-5-3-2-4-14(15)16/h2-9,11H,10H2,1H3,(H,21,24). The largest absolute Gasteiger partial charge is 0.468 e. The number of aromatic nitrogens is 1. The van der Waals surface area contributed by atoms with Gasteiger partial charge in [0.15, 0.2) is 0 Å². The summed E-state index contributed by atoms with van der Waals surface area (Å²) in [5.74, 6) is -1.04. The zero-order valence-corrected chi connectivity index (χ0v) is 14.6. The number of halogens is 1. The summed E-state index contributed by atoms with van der Waals surface area (Å²) in [6, 6.07) is 13.5. The summed E-state index contributed by atoms with van der Waals surface area (Å²) in [5.41, 5.74) is 0.596. The van der Waals surface area contributed by atoms with E-state index in [1.54, 1.807) is 48.5 Å². The number of pyridine rings is 1. The summed E-state index contributed by atoms with van der Waals surface area (Å²) in [5, 5.41) is 3.94. The molecule has 0 aliphatic carbocycles. The number of hydrogen-bond acceptors (Lipinski definition) is 4. The Morgan fingerprint density at radius 2 is 1.73 bits per heavy atom. The Morgan fingerprint density at radius 3 is 2.38 bits per heavy atom. The molecule has 26 heavy (non-hydrogen) atoms. The quantitative estimate of drug-likeness (QED) is 0.716. The third-order valence-corrected chi connectivity index (χ3v) is 4.15. The van der Waals surface area contributed by atoms with E-state index >= 15 is 0 Å². The van der Waals surface area contributed by atoms with Gasteiger partial charge in [-0.3, -0.25) is 19.0 Å². The number of nitrogens with zero attached hydrogens (tertiary/aromatic N) is 1. The van der Waals surface area contributed by atoms with Gasteiger partial charge in [-0.15, -0.1) is 0 Å². The van der Waals surface area contributed by atoms with Crippen LogP contribution in [0.2, 0.25) is 5.02 Å². The van der Waals surface area contributed by atoms with Crippen molar-refractivity contribution in [3.8, 4) is 5.69 Å². The van der Waals surface area contributed by atoms with Crippen molar-refractivity contribution in [3.05, 3.63) is 75.7 Å². The molecule has 132 valence electrons. The van der Waals surface area contributed by atoms with Gasteiger partial charge in [-0.25, -0.2) is 0 Å². The highest BCUT2D eigenvalue weighted by Crippen LogP contribution is 2.19. The Hall–Kier alpha value is -3.12. The van der Waals surface area contributed by atoms with Crippen molar-refractivity contribution in [3.63, 3.8) is 0 Å². The van der Waals surface area contributed by atoms with Crippen LogP contribution in [-0.2, 0) is 9.53 Å². The molecule has 1 aromatic heterocycles. The fraction of sp³-hybridized carbons (Fsp3) is 0.105. The number of amides is 1. The van der Waals surface area contributed by atoms with E-state index in [1.807, 2.05) is 0 Å². The van der Waals surface area contributed by atoms with Crippen LogP contribution < -0.4 is 10.9 Å². The third kappa shape index (κ3) is 3.45. The number of methoxy groups -OCH3 is 1. The average molecular weight is 371 g/mol. The fourth-order valence-corrected chi connectivity index (χ4v) is 2.71. The molecule has 7 heteroatoms. The van der Waals surface area contributed by atoms with E-state index in [-0.39, 0.29) is 17.7 Å². The molecule has 0 aliphatic heterocycles. The molecule has 6 nitrogen and oxygen atoms in total. The number of nitrogens with one attached hydrogen (secondary N) is 1. The van der Waals surface area contributed by atoms with Crippen molar-refractivity contribution in [1.29, 1.82) is 0 Å². The number of fused-ring (bicyclic) bond motifs is 1. The van der Waals surface area contributed by atoms with Crippen LogP contribution in [0.5, 0.6) is 0 Å². The highest BCUT2D eigenvalue weighted by molar-refractivity contribution is 6.30. The van der Waals surface area contributed by atoms with Crippen molar-refractivity contribution in [2.75, 3.05) is 13.7 Å². The molecule has 0 fully saturated rings. The second-order valence-electron chi connectivity index (χ2n) is 5.50. The molecule has 0 unspecified atom stereocenters. The zero-order chi connectivity index (χ0) is 18.7. The molecule has 1 amide bonds. The molecule has 1 heterocycles. The second kappa shape index (κ2) is 7.41. The Kier molecular flexibility index (Phi) is 5.04. The van der Waals surface area contributed by atoms with Crippen molar-refractivity contribution < 1.29 is 14.3 Å². The zero-order valence-electron chi connectivity index (χ0n) is 13.9. The summed E-state index contributed by atoms with van der Waals surface area (Å²) >= 11 is 5.91. The lowest BCUT2D eigenvalue weighted by molar-refractivity contribution is -0.139. The van der Waals surface area contributed by atoms with Crippen LogP contribution in [0.1, 0.15) is 10.4 Å².